The summed E-state index contributed by atoms with van der Waals surface area (Å²) in [4.78, 5) is 37.9. The van der Waals surface area contributed by atoms with E-state index in [9.17, 15) is 14.4 Å². The highest BCUT2D eigenvalue weighted by Crippen LogP contribution is 2.69. The highest BCUT2D eigenvalue weighted by molar-refractivity contribution is 5.85. The highest BCUT2D eigenvalue weighted by Gasteiger charge is 2.77. The molecule has 0 amide bonds. The van der Waals surface area contributed by atoms with Gasteiger partial charge < -0.3 is 14.2 Å². The van der Waals surface area contributed by atoms with Crippen LogP contribution in [0.15, 0.2) is 0 Å². The Bertz CT molecular complexity index is 672. The lowest BCUT2D eigenvalue weighted by atomic mass is 9.45. The zero-order valence-corrected chi connectivity index (χ0v) is 18.0. The van der Waals surface area contributed by atoms with Crippen molar-refractivity contribution in [3.63, 3.8) is 0 Å². The lowest BCUT2D eigenvalue weighted by Gasteiger charge is -2.57. The van der Waals surface area contributed by atoms with E-state index in [0.29, 0.717) is 19.3 Å². The van der Waals surface area contributed by atoms with Crippen LogP contribution in [0, 0.1) is 28.6 Å². The number of epoxide rings is 1. The third kappa shape index (κ3) is 2.90. The summed E-state index contributed by atoms with van der Waals surface area (Å²) in [6, 6.07) is 0. The number of hydrogen-bond acceptors (Lipinski definition) is 6. The van der Waals surface area contributed by atoms with Gasteiger partial charge in [0.25, 0.3) is 0 Å². The Kier molecular flexibility index (Phi) is 5.41. The SMILES string of the molecule is COC(=O)C1(C)CCCC2(C)C1CC1OC1(C(=O)OC)C2CCC(=O)C(C)C. The first-order valence-corrected chi connectivity index (χ1v) is 10.4. The highest BCUT2D eigenvalue weighted by atomic mass is 16.7. The quantitative estimate of drug-likeness (QED) is 0.508. The molecule has 2 saturated carbocycles. The summed E-state index contributed by atoms with van der Waals surface area (Å²) in [5, 5.41) is 0. The predicted octanol–water partition coefficient (Wildman–Crippen LogP) is 3.31. The molecule has 6 nitrogen and oxygen atoms in total. The van der Waals surface area contributed by atoms with Gasteiger partial charge in [0, 0.05) is 18.3 Å². The second-order valence-corrected chi connectivity index (χ2v) is 9.66. The van der Waals surface area contributed by atoms with E-state index < -0.39 is 11.0 Å². The molecule has 0 N–H and O–H groups in total. The summed E-state index contributed by atoms with van der Waals surface area (Å²) in [5.74, 6) is -0.483. The molecule has 3 rings (SSSR count). The number of Topliss-reactive ketones (excluding diaryl/α,β-unsaturated/α-hetero) is 1. The maximum absolute atomic E-state index is 12.8. The van der Waals surface area contributed by atoms with Crippen LogP contribution < -0.4 is 0 Å². The molecule has 158 valence electrons. The van der Waals surface area contributed by atoms with Crippen LogP contribution in [-0.4, -0.2) is 43.6 Å². The Balaban J connectivity index is 1.99. The Hall–Kier alpha value is -1.43. The zero-order valence-electron chi connectivity index (χ0n) is 18.0. The van der Waals surface area contributed by atoms with Gasteiger partial charge in [-0.05, 0) is 43.9 Å². The molecule has 6 heteroatoms. The van der Waals surface area contributed by atoms with Crippen LogP contribution in [0.1, 0.15) is 66.2 Å². The molecule has 1 heterocycles. The number of methoxy groups -OCH3 is 2. The molecule has 6 unspecified atom stereocenters. The summed E-state index contributed by atoms with van der Waals surface area (Å²) >= 11 is 0. The summed E-state index contributed by atoms with van der Waals surface area (Å²) < 4.78 is 16.3. The van der Waals surface area contributed by atoms with Crippen molar-refractivity contribution in [2.75, 3.05) is 14.2 Å². The van der Waals surface area contributed by atoms with Crippen molar-refractivity contribution in [1.29, 1.82) is 0 Å². The molecular formula is C22H34O6. The average Bonchev–Trinajstić information content (AvgIpc) is 3.39. The van der Waals surface area contributed by atoms with Crippen LogP contribution in [0.4, 0.5) is 0 Å². The van der Waals surface area contributed by atoms with E-state index in [1.807, 2.05) is 20.8 Å². The summed E-state index contributed by atoms with van der Waals surface area (Å²) in [6.07, 6.45) is 3.94. The molecule has 3 aliphatic rings. The number of carbonyl (C=O) groups is 3. The standard InChI is InChI=1S/C22H34O6/c1-13(2)14(23)8-9-15-20(3)10-7-11-21(4,18(24)26-5)16(20)12-17-22(15,28-17)19(25)27-6/h13,15-17H,7-12H2,1-6H3. The Morgan fingerprint density at radius 3 is 2.29 bits per heavy atom. The first-order chi connectivity index (χ1) is 13.1. The van der Waals surface area contributed by atoms with Gasteiger partial charge >= 0.3 is 11.9 Å². The lowest BCUT2D eigenvalue weighted by molar-refractivity contribution is -0.175. The minimum atomic E-state index is -0.967. The van der Waals surface area contributed by atoms with Gasteiger partial charge in [0.1, 0.15) is 5.78 Å². The molecule has 3 fully saturated rings. The van der Waals surface area contributed by atoms with E-state index >= 15 is 0 Å². The monoisotopic (exact) mass is 394 g/mol. The molecule has 1 saturated heterocycles. The van der Waals surface area contributed by atoms with Gasteiger partial charge in [-0.1, -0.05) is 27.2 Å². The summed E-state index contributed by atoms with van der Waals surface area (Å²) in [5.41, 5.74) is -1.86. The zero-order chi connectivity index (χ0) is 20.9. The van der Waals surface area contributed by atoms with Crippen molar-refractivity contribution in [2.24, 2.45) is 28.6 Å². The molecule has 28 heavy (non-hydrogen) atoms. The van der Waals surface area contributed by atoms with Crippen molar-refractivity contribution in [1.82, 2.24) is 0 Å². The number of hydrogen-bond donors (Lipinski definition) is 0. The third-order valence-corrected chi connectivity index (χ3v) is 7.98. The first kappa shape index (κ1) is 21.3. The van der Waals surface area contributed by atoms with E-state index in [1.54, 1.807) is 0 Å². The fourth-order valence-corrected chi connectivity index (χ4v) is 6.37. The van der Waals surface area contributed by atoms with E-state index in [-0.39, 0.29) is 47.0 Å². The van der Waals surface area contributed by atoms with Gasteiger partial charge in [0.15, 0.2) is 5.60 Å². The molecule has 0 spiro atoms. The van der Waals surface area contributed by atoms with E-state index in [2.05, 4.69) is 6.92 Å². The van der Waals surface area contributed by atoms with Gasteiger partial charge in [-0.2, -0.15) is 0 Å². The minimum Gasteiger partial charge on any atom is -0.469 e. The topological polar surface area (TPSA) is 82.2 Å². The summed E-state index contributed by atoms with van der Waals surface area (Å²) in [6.45, 7) is 7.96. The minimum absolute atomic E-state index is 0.0381. The largest absolute Gasteiger partial charge is 0.469 e. The Morgan fingerprint density at radius 1 is 1.07 bits per heavy atom. The van der Waals surface area contributed by atoms with Crippen molar-refractivity contribution in [2.45, 2.75) is 77.9 Å². The van der Waals surface area contributed by atoms with Crippen molar-refractivity contribution in [3.05, 3.63) is 0 Å². The smallest absolute Gasteiger partial charge is 0.341 e. The van der Waals surface area contributed by atoms with Gasteiger partial charge in [-0.3, -0.25) is 9.59 Å². The van der Waals surface area contributed by atoms with Gasteiger partial charge in [-0.15, -0.1) is 0 Å². The Morgan fingerprint density at radius 2 is 1.71 bits per heavy atom. The second kappa shape index (κ2) is 7.12. The molecule has 0 bridgehead atoms. The number of ketones is 1. The number of fused-ring (bicyclic) bond motifs is 2. The van der Waals surface area contributed by atoms with E-state index in [1.165, 1.54) is 14.2 Å². The van der Waals surface area contributed by atoms with Gasteiger partial charge in [0.05, 0.1) is 25.7 Å². The second-order valence-electron chi connectivity index (χ2n) is 9.66. The van der Waals surface area contributed by atoms with Crippen molar-refractivity contribution < 1.29 is 28.6 Å². The average molecular weight is 395 g/mol. The van der Waals surface area contributed by atoms with Crippen LogP contribution in [0.2, 0.25) is 0 Å². The molecule has 6 atom stereocenters. The lowest BCUT2D eigenvalue weighted by Crippen LogP contribution is -2.59. The van der Waals surface area contributed by atoms with E-state index in [0.717, 1.165) is 19.3 Å². The maximum Gasteiger partial charge on any atom is 0.341 e. The molecule has 2 aliphatic carbocycles. The number of ether oxygens (including phenoxy) is 3. The predicted molar refractivity (Wildman–Crippen MR) is 102 cm³/mol. The fourth-order valence-electron chi connectivity index (χ4n) is 6.37. The van der Waals surface area contributed by atoms with Crippen LogP contribution in [0.25, 0.3) is 0 Å². The van der Waals surface area contributed by atoms with Gasteiger partial charge in [-0.25, -0.2) is 4.79 Å². The van der Waals surface area contributed by atoms with Crippen LogP contribution in [0.3, 0.4) is 0 Å². The normalized spacial score (nSPS) is 41.6. The number of carbonyl (C=O) groups excluding carboxylic acids is 3. The first-order valence-electron chi connectivity index (χ1n) is 10.4. The fraction of sp³-hybridized carbons (Fsp3) is 0.864. The molecule has 1 aliphatic heterocycles. The van der Waals surface area contributed by atoms with Crippen molar-refractivity contribution >= 4 is 17.7 Å². The summed E-state index contributed by atoms with van der Waals surface area (Å²) in [7, 11) is 2.83. The number of esters is 2. The van der Waals surface area contributed by atoms with Crippen LogP contribution in [0.5, 0.6) is 0 Å². The number of rotatable bonds is 6. The maximum atomic E-state index is 12.8. The third-order valence-electron chi connectivity index (χ3n) is 7.98. The van der Waals surface area contributed by atoms with Crippen LogP contribution >= 0.6 is 0 Å². The van der Waals surface area contributed by atoms with Crippen molar-refractivity contribution in [3.8, 4) is 0 Å². The van der Waals surface area contributed by atoms with Crippen LogP contribution in [-0.2, 0) is 28.6 Å². The van der Waals surface area contributed by atoms with Gasteiger partial charge in [0.2, 0.25) is 0 Å². The molecule has 0 aromatic heterocycles. The van der Waals surface area contributed by atoms with E-state index in [4.69, 9.17) is 14.2 Å². The molecular weight excluding hydrogens is 360 g/mol. The molecule has 0 aromatic carbocycles. The molecule has 0 radical (unpaired) electrons. The molecule has 0 aromatic rings. The Labute approximate surface area is 167 Å².